The molecule has 8 nitrogen and oxygen atoms in total. The molecule has 4 rings (SSSR count). The Morgan fingerprint density at radius 2 is 1.94 bits per heavy atom. The van der Waals surface area contributed by atoms with Crippen molar-refractivity contribution in [3.63, 3.8) is 0 Å². The zero-order chi connectivity index (χ0) is 23.3. The summed E-state index contributed by atoms with van der Waals surface area (Å²) >= 11 is 0. The van der Waals surface area contributed by atoms with Crippen LogP contribution in [0.2, 0.25) is 0 Å². The van der Waals surface area contributed by atoms with E-state index < -0.39 is 23.9 Å². The Morgan fingerprint density at radius 3 is 2.62 bits per heavy atom. The molecule has 1 amide bonds. The van der Waals surface area contributed by atoms with Crippen LogP contribution in [-0.4, -0.2) is 50.5 Å². The summed E-state index contributed by atoms with van der Waals surface area (Å²) in [6.07, 6.45) is 6.55. The van der Waals surface area contributed by atoms with Crippen molar-refractivity contribution in [2.45, 2.75) is 52.1 Å². The number of aliphatic carboxylic acids is 2. The van der Waals surface area contributed by atoms with Gasteiger partial charge in [-0.3, -0.25) is 14.5 Å². The van der Waals surface area contributed by atoms with Crippen molar-refractivity contribution < 1.29 is 24.6 Å². The van der Waals surface area contributed by atoms with E-state index in [0.717, 1.165) is 43.3 Å². The summed E-state index contributed by atoms with van der Waals surface area (Å²) in [7, 11) is 0. The second kappa shape index (κ2) is 7.78. The topological polar surface area (TPSA) is 123 Å². The second-order valence-electron chi connectivity index (χ2n) is 10.3. The van der Waals surface area contributed by atoms with Gasteiger partial charge in [-0.25, -0.2) is 4.79 Å². The molecule has 32 heavy (non-hydrogen) atoms. The van der Waals surface area contributed by atoms with Gasteiger partial charge in [-0.15, -0.1) is 0 Å². The zero-order valence-corrected chi connectivity index (χ0v) is 18.5. The predicted molar refractivity (Wildman–Crippen MR) is 120 cm³/mol. The third-order valence-electron chi connectivity index (χ3n) is 6.67. The highest BCUT2D eigenvalue weighted by atomic mass is 16.4. The molecule has 3 atom stereocenters. The number of fused-ring (bicyclic) bond motifs is 3. The largest absolute Gasteiger partial charge is 0.480 e. The van der Waals surface area contributed by atoms with Crippen LogP contribution in [0, 0.1) is 10.8 Å². The molecule has 3 unspecified atom stereocenters. The number of carbonyl (C=O) groups is 3. The molecule has 1 saturated heterocycles. The number of aromatic nitrogens is 1. The van der Waals surface area contributed by atoms with E-state index in [1.807, 2.05) is 0 Å². The number of anilines is 1. The van der Waals surface area contributed by atoms with Crippen LogP contribution in [0.15, 0.2) is 36.5 Å². The third kappa shape index (κ3) is 4.27. The van der Waals surface area contributed by atoms with Crippen molar-refractivity contribution in [1.82, 2.24) is 9.88 Å². The fraction of sp³-hybridized carbons (Fsp3) is 0.458. The molecule has 4 N–H and O–H groups in total. The van der Waals surface area contributed by atoms with Gasteiger partial charge in [0.05, 0.1) is 0 Å². The molecule has 1 aliphatic carbocycles. The maximum Gasteiger partial charge on any atom is 0.328 e. The van der Waals surface area contributed by atoms with E-state index >= 15 is 0 Å². The standard InChI is InChI=1S/C24H29N3O5/c1-23(2)9-15-10-24(3,12-23)13-27(15)21(22(31)32)17-11-25-18-8-14(4-5-16(17)18)26-19(28)6-7-20(29)30/h4-8,11,15,21,25H,9-10,12-13H2,1-3H3,(H,26,28)(H,29,30)(H,31,32). The molecule has 1 saturated carbocycles. The van der Waals surface area contributed by atoms with E-state index in [2.05, 4.69) is 36.0 Å². The lowest BCUT2D eigenvalue weighted by atomic mass is 9.65. The molecule has 0 spiro atoms. The summed E-state index contributed by atoms with van der Waals surface area (Å²) in [6, 6.07) is 4.69. The molecule has 2 heterocycles. The first-order valence-corrected chi connectivity index (χ1v) is 10.8. The van der Waals surface area contributed by atoms with E-state index in [4.69, 9.17) is 5.11 Å². The van der Waals surface area contributed by atoms with Gasteiger partial charge in [0.25, 0.3) is 0 Å². The molecule has 2 fully saturated rings. The second-order valence-corrected chi connectivity index (χ2v) is 10.3. The Morgan fingerprint density at radius 1 is 1.19 bits per heavy atom. The molecule has 2 aromatic rings. The van der Waals surface area contributed by atoms with E-state index in [1.54, 1.807) is 24.4 Å². The van der Waals surface area contributed by atoms with E-state index in [9.17, 15) is 19.5 Å². The van der Waals surface area contributed by atoms with Crippen LogP contribution < -0.4 is 5.32 Å². The SMILES string of the molecule is CC1(C)CC2CC(C)(CN2C(C(=O)O)c2c[nH]c3cc(NC(=O)C=CC(=O)O)ccc23)C1. The van der Waals surface area contributed by atoms with E-state index in [1.165, 1.54) is 0 Å². The molecule has 1 aromatic carbocycles. The Kier molecular flexibility index (Phi) is 5.36. The average molecular weight is 440 g/mol. The molecular formula is C24H29N3O5. The summed E-state index contributed by atoms with van der Waals surface area (Å²) in [5.41, 5.74) is 2.22. The van der Waals surface area contributed by atoms with Crippen LogP contribution in [0.1, 0.15) is 51.6 Å². The van der Waals surface area contributed by atoms with Crippen LogP contribution in [0.5, 0.6) is 0 Å². The van der Waals surface area contributed by atoms with Crippen molar-refractivity contribution in [1.29, 1.82) is 0 Å². The van der Waals surface area contributed by atoms with Crippen LogP contribution in [0.3, 0.4) is 0 Å². The molecule has 170 valence electrons. The first kappa shape index (κ1) is 22.1. The van der Waals surface area contributed by atoms with Gasteiger partial charge in [-0.2, -0.15) is 0 Å². The molecule has 1 aromatic heterocycles. The minimum absolute atomic E-state index is 0.118. The minimum Gasteiger partial charge on any atom is -0.480 e. The number of nitrogens with zero attached hydrogens (tertiary/aromatic N) is 1. The first-order valence-electron chi connectivity index (χ1n) is 10.8. The van der Waals surface area contributed by atoms with Gasteiger partial charge in [0.2, 0.25) is 5.91 Å². The van der Waals surface area contributed by atoms with Crippen LogP contribution in [-0.2, 0) is 14.4 Å². The lowest BCUT2D eigenvalue weighted by molar-refractivity contribution is -0.144. The number of amides is 1. The normalized spacial score (nSPS) is 25.8. The number of rotatable bonds is 6. The zero-order valence-electron chi connectivity index (χ0n) is 18.5. The van der Waals surface area contributed by atoms with Gasteiger partial charge >= 0.3 is 11.9 Å². The number of benzene rings is 1. The highest BCUT2D eigenvalue weighted by molar-refractivity contribution is 6.03. The number of hydrogen-bond acceptors (Lipinski definition) is 4. The summed E-state index contributed by atoms with van der Waals surface area (Å²) in [4.78, 5) is 40.2. The maximum atomic E-state index is 12.5. The van der Waals surface area contributed by atoms with Gasteiger partial charge in [0, 0.05) is 53.1 Å². The van der Waals surface area contributed by atoms with Gasteiger partial charge in [0.15, 0.2) is 0 Å². The minimum atomic E-state index is -1.20. The molecule has 2 bridgehead atoms. The summed E-state index contributed by atoms with van der Waals surface area (Å²) in [5, 5.41) is 22.3. The van der Waals surface area contributed by atoms with Crippen molar-refractivity contribution in [3.05, 3.63) is 42.1 Å². The van der Waals surface area contributed by atoms with Crippen molar-refractivity contribution >= 4 is 34.4 Å². The Hall–Kier alpha value is -3.13. The summed E-state index contributed by atoms with van der Waals surface area (Å²) < 4.78 is 0. The third-order valence-corrected chi connectivity index (χ3v) is 6.67. The van der Waals surface area contributed by atoms with E-state index in [0.29, 0.717) is 16.8 Å². The summed E-state index contributed by atoms with van der Waals surface area (Å²) in [5.74, 6) is -2.62. The molecular weight excluding hydrogens is 410 g/mol. The average Bonchev–Trinajstić information content (AvgIpc) is 3.17. The molecule has 1 aliphatic heterocycles. The van der Waals surface area contributed by atoms with Crippen LogP contribution in [0.4, 0.5) is 5.69 Å². The number of likely N-dealkylation sites (tertiary alicyclic amines) is 1. The van der Waals surface area contributed by atoms with E-state index in [-0.39, 0.29) is 16.9 Å². The quantitative estimate of drug-likeness (QED) is 0.508. The van der Waals surface area contributed by atoms with Crippen LogP contribution in [0.25, 0.3) is 10.9 Å². The monoisotopic (exact) mass is 439 g/mol. The highest BCUT2D eigenvalue weighted by Gasteiger charge is 2.52. The van der Waals surface area contributed by atoms with Gasteiger partial charge < -0.3 is 20.5 Å². The number of carbonyl (C=O) groups excluding carboxylic acids is 1. The molecule has 8 heteroatoms. The van der Waals surface area contributed by atoms with Crippen molar-refractivity contribution in [2.24, 2.45) is 10.8 Å². The van der Waals surface area contributed by atoms with Crippen molar-refractivity contribution in [3.8, 4) is 0 Å². The Balaban J connectivity index is 1.62. The Labute approximate surface area is 186 Å². The fourth-order valence-corrected chi connectivity index (χ4v) is 6.04. The van der Waals surface area contributed by atoms with Gasteiger partial charge in [0.1, 0.15) is 6.04 Å². The number of carboxylic acid groups (broad SMARTS) is 2. The number of nitrogens with one attached hydrogen (secondary N) is 2. The highest BCUT2D eigenvalue weighted by Crippen LogP contribution is 2.54. The number of H-pyrrole nitrogens is 1. The fourth-order valence-electron chi connectivity index (χ4n) is 6.04. The lowest BCUT2D eigenvalue weighted by Gasteiger charge is -2.40. The molecule has 2 aliphatic rings. The van der Waals surface area contributed by atoms with Gasteiger partial charge in [-0.1, -0.05) is 26.8 Å². The Bertz CT molecular complexity index is 1120. The smallest absolute Gasteiger partial charge is 0.328 e. The predicted octanol–water partition coefficient (Wildman–Crippen LogP) is 3.77. The lowest BCUT2D eigenvalue weighted by Crippen LogP contribution is -2.39. The maximum absolute atomic E-state index is 12.5. The number of aromatic amines is 1. The molecule has 0 radical (unpaired) electrons. The number of hydrogen-bond donors (Lipinski definition) is 4. The van der Waals surface area contributed by atoms with Gasteiger partial charge in [-0.05, 0) is 42.2 Å². The first-order chi connectivity index (χ1) is 15.0. The summed E-state index contributed by atoms with van der Waals surface area (Å²) in [6.45, 7) is 7.56. The van der Waals surface area contributed by atoms with Crippen molar-refractivity contribution in [2.75, 3.05) is 11.9 Å². The number of carboxylic acids is 2. The van der Waals surface area contributed by atoms with Crippen LogP contribution >= 0.6 is 0 Å².